The average Bonchev–Trinajstić information content (AvgIpc) is 2.54. The van der Waals surface area contributed by atoms with Crippen LogP contribution in [-0.2, 0) is 12.8 Å². The van der Waals surface area contributed by atoms with Crippen LogP contribution in [0.15, 0.2) is 54.8 Å². The summed E-state index contributed by atoms with van der Waals surface area (Å²) >= 11 is 0. The molecule has 0 fully saturated rings. The molecule has 20 heavy (non-hydrogen) atoms. The van der Waals surface area contributed by atoms with Gasteiger partial charge in [0.25, 0.3) is 0 Å². The minimum absolute atomic E-state index is 0.464. The SMILES string of the molecule is C1=CC2C=CC=C(c3nccc4c3CCCC4)C2C=C1. The molecule has 3 aliphatic carbocycles. The number of pyridine rings is 1. The van der Waals surface area contributed by atoms with E-state index < -0.39 is 0 Å². The fourth-order valence-corrected chi connectivity index (χ4v) is 3.67. The number of rotatable bonds is 1. The molecule has 2 unspecified atom stereocenters. The van der Waals surface area contributed by atoms with E-state index in [4.69, 9.17) is 4.98 Å². The molecule has 1 heterocycles. The lowest BCUT2D eigenvalue weighted by Crippen LogP contribution is -2.18. The smallest absolute Gasteiger partial charge is 0.0702 e. The van der Waals surface area contributed by atoms with Gasteiger partial charge < -0.3 is 0 Å². The van der Waals surface area contributed by atoms with Gasteiger partial charge in [0.05, 0.1) is 5.69 Å². The fraction of sp³-hybridized carbons (Fsp3) is 0.316. The highest BCUT2D eigenvalue weighted by Gasteiger charge is 2.27. The molecule has 0 aromatic carbocycles. The van der Waals surface area contributed by atoms with Gasteiger partial charge in [-0.3, -0.25) is 4.98 Å². The van der Waals surface area contributed by atoms with Crippen LogP contribution in [0.25, 0.3) is 5.57 Å². The number of aromatic nitrogens is 1. The van der Waals surface area contributed by atoms with Crippen LogP contribution in [0.4, 0.5) is 0 Å². The van der Waals surface area contributed by atoms with Crippen molar-refractivity contribution in [3.8, 4) is 0 Å². The molecule has 1 aromatic rings. The van der Waals surface area contributed by atoms with E-state index in [1.165, 1.54) is 48.1 Å². The molecule has 1 nitrogen and oxygen atoms in total. The van der Waals surface area contributed by atoms with Crippen molar-refractivity contribution in [3.05, 3.63) is 71.6 Å². The van der Waals surface area contributed by atoms with Crippen molar-refractivity contribution in [1.29, 1.82) is 0 Å². The number of allylic oxidation sites excluding steroid dienone is 8. The Labute approximate surface area is 120 Å². The maximum atomic E-state index is 4.75. The van der Waals surface area contributed by atoms with Crippen LogP contribution in [0.1, 0.15) is 29.7 Å². The molecule has 0 amide bonds. The zero-order valence-corrected chi connectivity index (χ0v) is 11.6. The Morgan fingerprint density at radius 1 is 0.950 bits per heavy atom. The average molecular weight is 261 g/mol. The molecule has 0 N–H and O–H groups in total. The molecule has 2 atom stereocenters. The van der Waals surface area contributed by atoms with Gasteiger partial charge in [-0.2, -0.15) is 0 Å². The van der Waals surface area contributed by atoms with Crippen molar-refractivity contribution in [1.82, 2.24) is 4.98 Å². The highest BCUT2D eigenvalue weighted by molar-refractivity contribution is 5.73. The molecule has 3 aliphatic rings. The Kier molecular flexibility index (Phi) is 2.91. The lowest BCUT2D eigenvalue weighted by atomic mass is 9.76. The van der Waals surface area contributed by atoms with Crippen molar-refractivity contribution in [2.75, 3.05) is 0 Å². The van der Waals surface area contributed by atoms with Gasteiger partial charge in [-0.15, -0.1) is 0 Å². The van der Waals surface area contributed by atoms with E-state index in [1.807, 2.05) is 6.20 Å². The van der Waals surface area contributed by atoms with E-state index in [2.05, 4.69) is 48.6 Å². The molecule has 1 heteroatoms. The third kappa shape index (κ3) is 1.89. The summed E-state index contributed by atoms with van der Waals surface area (Å²) in [4.78, 5) is 4.75. The Morgan fingerprint density at radius 3 is 2.80 bits per heavy atom. The molecular weight excluding hydrogens is 242 g/mol. The third-order valence-corrected chi connectivity index (χ3v) is 4.69. The molecule has 1 aromatic heterocycles. The van der Waals surface area contributed by atoms with Gasteiger partial charge in [0, 0.05) is 18.0 Å². The number of fused-ring (bicyclic) bond motifs is 2. The summed E-state index contributed by atoms with van der Waals surface area (Å²) in [6.07, 6.45) is 22.7. The third-order valence-electron chi connectivity index (χ3n) is 4.69. The van der Waals surface area contributed by atoms with E-state index >= 15 is 0 Å². The summed E-state index contributed by atoms with van der Waals surface area (Å²) in [6.45, 7) is 0. The largest absolute Gasteiger partial charge is 0.256 e. The first-order chi connectivity index (χ1) is 9.93. The fourth-order valence-electron chi connectivity index (χ4n) is 3.67. The molecular formula is C19H19N. The van der Waals surface area contributed by atoms with Gasteiger partial charge in [-0.1, -0.05) is 42.5 Å². The Bertz CT molecular complexity index is 646. The molecule has 100 valence electrons. The predicted octanol–water partition coefficient (Wildman–Crippen LogP) is 4.27. The standard InChI is InChI=1S/C19H19N/c1-3-9-16-14(6-1)8-5-11-18(16)19-17-10-4-2-7-15(17)12-13-20-19/h1,3,5-6,8-9,11-14,16H,2,4,7,10H2. The summed E-state index contributed by atoms with van der Waals surface area (Å²) in [5.74, 6) is 0.965. The van der Waals surface area contributed by atoms with Crippen molar-refractivity contribution >= 4 is 5.57 Å². The Balaban J connectivity index is 1.81. The van der Waals surface area contributed by atoms with Crippen molar-refractivity contribution in [3.63, 3.8) is 0 Å². The van der Waals surface area contributed by atoms with Crippen LogP contribution < -0.4 is 0 Å². The maximum Gasteiger partial charge on any atom is 0.0702 e. The van der Waals surface area contributed by atoms with Crippen LogP contribution >= 0.6 is 0 Å². The van der Waals surface area contributed by atoms with Crippen LogP contribution in [0.2, 0.25) is 0 Å². The topological polar surface area (TPSA) is 12.9 Å². The van der Waals surface area contributed by atoms with Gasteiger partial charge in [0.2, 0.25) is 0 Å². The monoisotopic (exact) mass is 261 g/mol. The summed E-state index contributed by atoms with van der Waals surface area (Å²) in [5, 5.41) is 0. The first kappa shape index (κ1) is 11.9. The number of hydrogen-bond donors (Lipinski definition) is 0. The van der Waals surface area contributed by atoms with E-state index in [-0.39, 0.29) is 0 Å². The van der Waals surface area contributed by atoms with Gasteiger partial charge in [0.15, 0.2) is 0 Å². The van der Waals surface area contributed by atoms with Gasteiger partial charge >= 0.3 is 0 Å². The van der Waals surface area contributed by atoms with Crippen LogP contribution in [-0.4, -0.2) is 4.98 Å². The molecule has 0 bridgehead atoms. The predicted molar refractivity (Wildman–Crippen MR) is 83.3 cm³/mol. The van der Waals surface area contributed by atoms with Gasteiger partial charge in [0.1, 0.15) is 0 Å². The number of hydrogen-bond acceptors (Lipinski definition) is 1. The molecule has 4 rings (SSSR count). The lowest BCUT2D eigenvalue weighted by molar-refractivity contribution is 0.659. The second-order valence-electron chi connectivity index (χ2n) is 5.88. The highest BCUT2D eigenvalue weighted by Crippen LogP contribution is 2.39. The summed E-state index contributed by atoms with van der Waals surface area (Å²) in [7, 11) is 0. The number of nitrogens with zero attached hydrogens (tertiary/aromatic N) is 1. The molecule has 0 radical (unpaired) electrons. The van der Waals surface area contributed by atoms with Gasteiger partial charge in [-0.25, -0.2) is 0 Å². The molecule has 0 spiro atoms. The number of aryl methyl sites for hydroxylation is 1. The van der Waals surface area contributed by atoms with Gasteiger partial charge in [-0.05, 0) is 48.4 Å². The zero-order chi connectivity index (χ0) is 13.4. The molecule has 0 aliphatic heterocycles. The summed E-state index contributed by atoms with van der Waals surface area (Å²) < 4.78 is 0. The minimum Gasteiger partial charge on any atom is -0.256 e. The Morgan fingerprint density at radius 2 is 1.80 bits per heavy atom. The first-order valence-corrected chi connectivity index (χ1v) is 7.64. The van der Waals surface area contributed by atoms with Crippen molar-refractivity contribution in [2.24, 2.45) is 11.8 Å². The molecule has 0 saturated heterocycles. The zero-order valence-electron chi connectivity index (χ0n) is 11.6. The molecule has 0 saturated carbocycles. The quantitative estimate of drug-likeness (QED) is 0.735. The van der Waals surface area contributed by atoms with E-state index in [0.29, 0.717) is 11.8 Å². The second-order valence-corrected chi connectivity index (χ2v) is 5.88. The highest BCUT2D eigenvalue weighted by atomic mass is 14.7. The first-order valence-electron chi connectivity index (χ1n) is 7.64. The van der Waals surface area contributed by atoms with Crippen molar-refractivity contribution < 1.29 is 0 Å². The second kappa shape index (κ2) is 4.90. The Hall–Kier alpha value is -1.89. The van der Waals surface area contributed by atoms with Crippen molar-refractivity contribution in [2.45, 2.75) is 25.7 Å². The van der Waals surface area contributed by atoms with Crippen LogP contribution in [0.3, 0.4) is 0 Å². The normalized spacial score (nSPS) is 26.9. The van der Waals surface area contributed by atoms with Crippen LogP contribution in [0, 0.1) is 11.8 Å². The lowest BCUT2D eigenvalue weighted by Gasteiger charge is -2.29. The van der Waals surface area contributed by atoms with Crippen LogP contribution in [0.5, 0.6) is 0 Å². The maximum absolute atomic E-state index is 4.75. The summed E-state index contributed by atoms with van der Waals surface area (Å²) in [6, 6.07) is 2.21. The van der Waals surface area contributed by atoms with E-state index in [0.717, 1.165) is 0 Å². The summed E-state index contributed by atoms with van der Waals surface area (Å²) in [5.41, 5.74) is 5.67. The van der Waals surface area contributed by atoms with E-state index in [9.17, 15) is 0 Å². The van der Waals surface area contributed by atoms with E-state index in [1.54, 1.807) is 0 Å². The minimum atomic E-state index is 0.464.